The zero-order chi connectivity index (χ0) is 12.5. The second-order valence-corrected chi connectivity index (χ2v) is 6.16. The van der Waals surface area contributed by atoms with Gasteiger partial charge in [-0.3, -0.25) is 0 Å². The van der Waals surface area contributed by atoms with Gasteiger partial charge in [0.05, 0.1) is 0 Å². The van der Waals surface area contributed by atoms with Gasteiger partial charge in [-0.1, -0.05) is 17.7 Å². The monoisotopic (exact) mass is 267 g/mol. The third-order valence-corrected chi connectivity index (χ3v) is 4.55. The number of benzene rings is 1. The normalized spacial score (nSPS) is 27.0. The molecule has 2 atom stereocenters. The van der Waals surface area contributed by atoms with Gasteiger partial charge in [0.15, 0.2) is 0 Å². The van der Waals surface area contributed by atoms with Crippen LogP contribution < -0.4 is 5.32 Å². The van der Waals surface area contributed by atoms with E-state index < -0.39 is 0 Å². The van der Waals surface area contributed by atoms with Crippen LogP contribution in [0.4, 0.5) is 4.39 Å². The molecule has 2 aliphatic rings. The molecule has 18 heavy (non-hydrogen) atoms. The fourth-order valence-corrected chi connectivity index (χ4v) is 2.91. The van der Waals surface area contributed by atoms with E-state index in [9.17, 15) is 4.39 Å². The molecular weight excluding hydrogens is 249 g/mol. The van der Waals surface area contributed by atoms with Crippen molar-refractivity contribution in [2.24, 2.45) is 11.8 Å². The largest absolute Gasteiger partial charge is 0.314 e. The highest BCUT2D eigenvalue weighted by molar-refractivity contribution is 6.30. The van der Waals surface area contributed by atoms with E-state index in [2.05, 4.69) is 5.32 Å². The number of hydrogen-bond donors (Lipinski definition) is 1. The number of nitrogens with one attached hydrogen (secondary N) is 1. The Hall–Kier alpha value is -0.600. The highest BCUT2D eigenvalue weighted by Crippen LogP contribution is 2.37. The molecule has 0 aliphatic heterocycles. The zero-order valence-corrected chi connectivity index (χ0v) is 11.2. The quantitative estimate of drug-likeness (QED) is 0.856. The van der Waals surface area contributed by atoms with Gasteiger partial charge in [-0.2, -0.15) is 0 Å². The Labute approximate surface area is 113 Å². The predicted octanol–water partition coefficient (Wildman–Crippen LogP) is 3.80. The van der Waals surface area contributed by atoms with Gasteiger partial charge in [-0.25, -0.2) is 4.39 Å². The molecule has 2 unspecified atom stereocenters. The van der Waals surface area contributed by atoms with E-state index in [4.69, 9.17) is 11.6 Å². The second kappa shape index (κ2) is 5.18. The molecule has 1 N–H and O–H groups in total. The molecule has 1 nitrogen and oxygen atoms in total. The summed E-state index contributed by atoms with van der Waals surface area (Å²) in [6.07, 6.45) is 6.06. The molecule has 0 bridgehead atoms. The molecule has 2 aliphatic carbocycles. The smallest absolute Gasteiger partial charge is 0.127 e. The maximum Gasteiger partial charge on any atom is 0.127 e. The Kier molecular flexibility index (Phi) is 3.58. The van der Waals surface area contributed by atoms with Crippen LogP contribution in [0, 0.1) is 17.7 Å². The van der Waals surface area contributed by atoms with E-state index in [1.807, 2.05) is 6.07 Å². The van der Waals surface area contributed by atoms with Crippen LogP contribution in [0.3, 0.4) is 0 Å². The summed E-state index contributed by atoms with van der Waals surface area (Å²) in [5, 5.41) is 4.07. The molecule has 0 saturated heterocycles. The summed E-state index contributed by atoms with van der Waals surface area (Å²) in [6.45, 7) is 1.12. The first-order valence-electron chi connectivity index (χ1n) is 6.89. The Morgan fingerprint density at radius 1 is 1.17 bits per heavy atom. The van der Waals surface area contributed by atoms with Crippen molar-refractivity contribution in [2.45, 2.75) is 38.1 Å². The van der Waals surface area contributed by atoms with Gasteiger partial charge in [-0.15, -0.1) is 0 Å². The lowest BCUT2D eigenvalue weighted by Gasteiger charge is -2.37. The highest BCUT2D eigenvalue weighted by atomic mass is 35.5. The van der Waals surface area contributed by atoms with Crippen LogP contribution in [0.1, 0.15) is 31.2 Å². The van der Waals surface area contributed by atoms with Crippen LogP contribution >= 0.6 is 11.6 Å². The van der Waals surface area contributed by atoms with Gasteiger partial charge in [-0.05, 0) is 68.2 Å². The molecule has 0 heterocycles. The zero-order valence-electron chi connectivity index (χ0n) is 10.5. The van der Waals surface area contributed by atoms with E-state index in [0.717, 1.165) is 30.5 Å². The summed E-state index contributed by atoms with van der Waals surface area (Å²) in [6, 6.07) is 5.82. The molecule has 2 saturated carbocycles. The van der Waals surface area contributed by atoms with Crippen molar-refractivity contribution in [3.8, 4) is 0 Å². The lowest BCUT2D eigenvalue weighted by molar-refractivity contribution is 0.169. The van der Waals surface area contributed by atoms with Crippen LogP contribution in [0.5, 0.6) is 0 Å². The van der Waals surface area contributed by atoms with E-state index in [0.29, 0.717) is 10.9 Å². The van der Waals surface area contributed by atoms with Crippen LogP contribution in [0.25, 0.3) is 0 Å². The minimum absolute atomic E-state index is 0.150. The lowest BCUT2D eigenvalue weighted by Crippen LogP contribution is -2.37. The Bertz CT molecular complexity index is 431. The van der Waals surface area contributed by atoms with E-state index >= 15 is 0 Å². The minimum atomic E-state index is -0.150. The minimum Gasteiger partial charge on any atom is -0.314 e. The van der Waals surface area contributed by atoms with Crippen LogP contribution in [-0.4, -0.2) is 12.6 Å². The van der Waals surface area contributed by atoms with E-state index in [1.165, 1.54) is 31.7 Å². The first-order chi connectivity index (χ1) is 8.72. The van der Waals surface area contributed by atoms with Crippen molar-refractivity contribution in [3.05, 3.63) is 34.6 Å². The summed E-state index contributed by atoms with van der Waals surface area (Å²) < 4.78 is 13.7. The van der Waals surface area contributed by atoms with Crippen molar-refractivity contribution in [1.29, 1.82) is 0 Å². The van der Waals surface area contributed by atoms with Crippen LogP contribution in [-0.2, 0) is 6.42 Å². The molecule has 3 rings (SSSR count). The topological polar surface area (TPSA) is 12.0 Å². The van der Waals surface area contributed by atoms with Crippen molar-refractivity contribution in [3.63, 3.8) is 0 Å². The maximum atomic E-state index is 13.7. The molecule has 98 valence electrons. The molecule has 1 aromatic carbocycles. The molecule has 3 heteroatoms. The summed E-state index contributed by atoms with van der Waals surface area (Å²) in [5.41, 5.74) is 0.820. The molecule has 1 aromatic rings. The van der Waals surface area contributed by atoms with Gasteiger partial charge >= 0.3 is 0 Å². The van der Waals surface area contributed by atoms with E-state index in [-0.39, 0.29) is 5.82 Å². The summed E-state index contributed by atoms with van der Waals surface area (Å²) in [4.78, 5) is 0. The average molecular weight is 268 g/mol. The Morgan fingerprint density at radius 3 is 2.56 bits per heavy atom. The fourth-order valence-electron chi connectivity index (χ4n) is 2.75. The summed E-state index contributed by atoms with van der Waals surface area (Å²) >= 11 is 5.77. The third kappa shape index (κ3) is 2.86. The third-order valence-electron chi connectivity index (χ3n) is 4.32. The molecule has 2 fully saturated rings. The fraction of sp³-hybridized carbons (Fsp3) is 0.600. The second-order valence-electron chi connectivity index (χ2n) is 5.72. The first kappa shape index (κ1) is 12.4. The number of rotatable bonds is 5. The standard InChI is InChI=1S/C15H19ClFN/c16-13-4-3-11(15(17)8-13)7-10-1-2-12(10)9-18-14-5-6-14/h3-4,8,10,12,14,18H,1-2,5-7,9H2. The molecule has 0 amide bonds. The summed E-state index contributed by atoms with van der Waals surface area (Å²) in [5.74, 6) is 1.23. The molecule has 0 radical (unpaired) electrons. The lowest BCUT2D eigenvalue weighted by atomic mass is 9.70. The first-order valence-corrected chi connectivity index (χ1v) is 7.27. The van der Waals surface area contributed by atoms with Crippen molar-refractivity contribution in [1.82, 2.24) is 5.32 Å². The van der Waals surface area contributed by atoms with Gasteiger partial charge < -0.3 is 5.32 Å². The van der Waals surface area contributed by atoms with Crippen molar-refractivity contribution in [2.75, 3.05) is 6.54 Å². The highest BCUT2D eigenvalue weighted by Gasteiger charge is 2.32. The van der Waals surface area contributed by atoms with Gasteiger partial charge in [0.2, 0.25) is 0 Å². The van der Waals surface area contributed by atoms with Gasteiger partial charge in [0.1, 0.15) is 5.82 Å². The average Bonchev–Trinajstić information content (AvgIpc) is 3.10. The van der Waals surface area contributed by atoms with Crippen LogP contribution in [0.15, 0.2) is 18.2 Å². The molecule has 0 spiro atoms. The maximum absolute atomic E-state index is 13.7. The van der Waals surface area contributed by atoms with Gasteiger partial charge in [0, 0.05) is 11.1 Å². The van der Waals surface area contributed by atoms with Crippen molar-refractivity contribution >= 4 is 11.6 Å². The number of hydrogen-bond acceptors (Lipinski definition) is 1. The number of halogens is 2. The SMILES string of the molecule is Fc1cc(Cl)ccc1CC1CCC1CNC1CC1. The molecule has 0 aromatic heterocycles. The van der Waals surface area contributed by atoms with E-state index in [1.54, 1.807) is 6.07 Å². The molecular formula is C15H19ClFN. The Balaban J connectivity index is 1.54. The summed E-state index contributed by atoms with van der Waals surface area (Å²) in [7, 11) is 0. The Morgan fingerprint density at radius 2 is 1.94 bits per heavy atom. The van der Waals surface area contributed by atoms with Crippen molar-refractivity contribution < 1.29 is 4.39 Å². The predicted molar refractivity (Wildman–Crippen MR) is 72.4 cm³/mol. The van der Waals surface area contributed by atoms with Gasteiger partial charge in [0.25, 0.3) is 0 Å². The van der Waals surface area contributed by atoms with Crippen LogP contribution in [0.2, 0.25) is 5.02 Å².